The average molecular weight is 389 g/mol. The molecule has 0 radical (unpaired) electrons. The van der Waals surface area contributed by atoms with E-state index in [4.69, 9.17) is 0 Å². The number of amides is 2. The molecule has 0 aliphatic carbocycles. The lowest BCUT2D eigenvalue weighted by atomic mass is 10.1. The number of hydrogen-bond donors (Lipinski definition) is 1. The molecule has 1 aromatic heterocycles. The van der Waals surface area contributed by atoms with Gasteiger partial charge in [-0.05, 0) is 48.9 Å². The van der Waals surface area contributed by atoms with Gasteiger partial charge in [-0.15, -0.1) is 0 Å². The third-order valence-corrected chi connectivity index (χ3v) is 4.97. The zero-order chi connectivity index (χ0) is 20.4. The van der Waals surface area contributed by atoms with Crippen LogP contribution in [0.2, 0.25) is 0 Å². The smallest absolute Gasteiger partial charge is 0.260 e. The summed E-state index contributed by atoms with van der Waals surface area (Å²) in [6, 6.07) is 16.4. The molecule has 1 aliphatic heterocycles. The average Bonchev–Trinajstić information content (AvgIpc) is 2.99. The Bertz CT molecular complexity index is 1070. The highest BCUT2D eigenvalue weighted by molar-refractivity contribution is 6.11. The van der Waals surface area contributed by atoms with Crippen LogP contribution < -0.4 is 10.2 Å². The maximum Gasteiger partial charge on any atom is 0.260 e. The van der Waals surface area contributed by atoms with E-state index in [1.54, 1.807) is 18.3 Å². The second-order valence-electron chi connectivity index (χ2n) is 7.07. The number of aryl methyl sites for hydroxylation is 1. The molecule has 2 heterocycles. The Labute approximate surface area is 168 Å². The zero-order valence-corrected chi connectivity index (χ0v) is 15.9. The van der Waals surface area contributed by atoms with Gasteiger partial charge in [-0.25, -0.2) is 4.39 Å². The third-order valence-electron chi connectivity index (χ3n) is 4.97. The molecule has 3 aromatic rings. The van der Waals surface area contributed by atoms with Crippen LogP contribution in [-0.4, -0.2) is 16.8 Å². The number of carbonyl (C=O) groups is 2. The zero-order valence-electron chi connectivity index (χ0n) is 15.9. The van der Waals surface area contributed by atoms with E-state index in [-0.39, 0.29) is 24.1 Å². The van der Waals surface area contributed by atoms with Gasteiger partial charge in [0.1, 0.15) is 5.82 Å². The summed E-state index contributed by atoms with van der Waals surface area (Å²) in [5.74, 6) is -0.811. The van der Waals surface area contributed by atoms with E-state index in [0.29, 0.717) is 23.5 Å². The minimum atomic E-state index is -0.540. The molecular weight excluding hydrogens is 369 g/mol. The van der Waals surface area contributed by atoms with E-state index in [1.807, 2.05) is 31.2 Å². The van der Waals surface area contributed by atoms with Gasteiger partial charge >= 0.3 is 0 Å². The van der Waals surface area contributed by atoms with Crippen LogP contribution in [0.1, 0.15) is 39.6 Å². The summed E-state index contributed by atoms with van der Waals surface area (Å²) in [5, 5.41) is 2.92. The normalized spacial score (nSPS) is 15.3. The van der Waals surface area contributed by atoms with Crippen LogP contribution in [0, 0.1) is 12.7 Å². The highest BCUT2D eigenvalue weighted by Gasteiger charge is 2.39. The Kier molecular flexibility index (Phi) is 5.08. The van der Waals surface area contributed by atoms with Crippen LogP contribution in [0.15, 0.2) is 66.9 Å². The number of benzene rings is 2. The molecule has 4 rings (SSSR count). The Morgan fingerprint density at radius 1 is 1.14 bits per heavy atom. The van der Waals surface area contributed by atoms with Gasteiger partial charge in [-0.3, -0.25) is 19.5 Å². The van der Waals surface area contributed by atoms with Gasteiger partial charge in [0.15, 0.2) is 0 Å². The van der Waals surface area contributed by atoms with Crippen LogP contribution in [0.4, 0.5) is 10.1 Å². The van der Waals surface area contributed by atoms with E-state index >= 15 is 0 Å². The molecule has 1 unspecified atom stereocenters. The number of pyridine rings is 1. The van der Waals surface area contributed by atoms with Crippen molar-refractivity contribution >= 4 is 17.5 Å². The summed E-state index contributed by atoms with van der Waals surface area (Å²) < 4.78 is 13.4. The first kappa shape index (κ1) is 18.8. The number of hydrogen-bond acceptors (Lipinski definition) is 3. The summed E-state index contributed by atoms with van der Waals surface area (Å²) in [7, 11) is 0. The van der Waals surface area contributed by atoms with Crippen molar-refractivity contribution in [2.24, 2.45) is 0 Å². The van der Waals surface area contributed by atoms with Crippen molar-refractivity contribution < 1.29 is 14.0 Å². The molecule has 0 bridgehead atoms. The predicted molar refractivity (Wildman–Crippen MR) is 108 cm³/mol. The summed E-state index contributed by atoms with van der Waals surface area (Å²) >= 11 is 0. The van der Waals surface area contributed by atoms with Crippen LogP contribution in [0.3, 0.4) is 0 Å². The molecule has 0 saturated heterocycles. The van der Waals surface area contributed by atoms with Crippen molar-refractivity contribution in [3.8, 4) is 0 Å². The standard InChI is InChI=1S/C23H20FN3O2/c1-15-4-2-5-16(12-15)14-26-21(28)13-20-22-19(6-3-11-25-22)23(29)27(20)18-9-7-17(24)8-10-18/h2-12,20H,13-14H2,1H3,(H,26,28). The second-order valence-corrected chi connectivity index (χ2v) is 7.07. The second kappa shape index (κ2) is 7.83. The molecule has 29 heavy (non-hydrogen) atoms. The van der Waals surface area contributed by atoms with E-state index in [9.17, 15) is 14.0 Å². The summed E-state index contributed by atoms with van der Waals surface area (Å²) in [6.07, 6.45) is 1.68. The highest BCUT2D eigenvalue weighted by atomic mass is 19.1. The fourth-order valence-corrected chi connectivity index (χ4v) is 3.61. The van der Waals surface area contributed by atoms with Gasteiger partial charge in [0.2, 0.25) is 5.91 Å². The van der Waals surface area contributed by atoms with Gasteiger partial charge in [0.25, 0.3) is 5.91 Å². The van der Waals surface area contributed by atoms with Gasteiger partial charge in [-0.2, -0.15) is 0 Å². The number of nitrogens with one attached hydrogen (secondary N) is 1. The molecule has 1 atom stereocenters. The van der Waals surface area contributed by atoms with E-state index in [0.717, 1.165) is 11.1 Å². The molecule has 5 nitrogen and oxygen atoms in total. The van der Waals surface area contributed by atoms with E-state index in [1.165, 1.54) is 29.2 Å². The van der Waals surface area contributed by atoms with Crippen molar-refractivity contribution in [1.29, 1.82) is 0 Å². The minimum absolute atomic E-state index is 0.0684. The van der Waals surface area contributed by atoms with Crippen molar-refractivity contribution in [2.75, 3.05) is 4.90 Å². The van der Waals surface area contributed by atoms with Gasteiger partial charge < -0.3 is 5.32 Å². The fourth-order valence-electron chi connectivity index (χ4n) is 3.61. The number of rotatable bonds is 5. The first-order valence-electron chi connectivity index (χ1n) is 9.39. The highest BCUT2D eigenvalue weighted by Crippen LogP contribution is 2.38. The first-order valence-corrected chi connectivity index (χ1v) is 9.39. The van der Waals surface area contributed by atoms with E-state index in [2.05, 4.69) is 10.3 Å². The Hall–Kier alpha value is -3.54. The van der Waals surface area contributed by atoms with Gasteiger partial charge in [-0.1, -0.05) is 29.8 Å². The van der Waals surface area contributed by atoms with Gasteiger partial charge in [0.05, 0.1) is 23.7 Å². The van der Waals surface area contributed by atoms with Crippen molar-refractivity contribution in [3.05, 3.63) is 95.1 Å². The summed E-state index contributed by atoms with van der Waals surface area (Å²) in [4.78, 5) is 31.5. The van der Waals surface area contributed by atoms with Crippen molar-refractivity contribution in [2.45, 2.75) is 25.9 Å². The van der Waals surface area contributed by atoms with Crippen molar-refractivity contribution in [3.63, 3.8) is 0 Å². The van der Waals surface area contributed by atoms with Crippen LogP contribution in [0.25, 0.3) is 0 Å². The molecule has 2 amide bonds. The third kappa shape index (κ3) is 3.87. The molecule has 6 heteroatoms. The Morgan fingerprint density at radius 3 is 2.69 bits per heavy atom. The first-order chi connectivity index (χ1) is 14.0. The molecule has 2 aromatic carbocycles. The maximum absolute atomic E-state index is 13.4. The van der Waals surface area contributed by atoms with Crippen LogP contribution in [0.5, 0.6) is 0 Å². The number of halogens is 1. The maximum atomic E-state index is 13.4. The lowest BCUT2D eigenvalue weighted by molar-refractivity contribution is -0.121. The number of carbonyl (C=O) groups excluding carboxylic acids is 2. The molecule has 146 valence electrons. The number of nitrogens with zero attached hydrogens (tertiary/aromatic N) is 2. The lowest BCUT2D eigenvalue weighted by Crippen LogP contribution is -2.33. The summed E-state index contributed by atoms with van der Waals surface area (Å²) in [5.41, 5.74) is 3.69. The molecule has 0 fully saturated rings. The Balaban J connectivity index is 1.56. The quantitative estimate of drug-likeness (QED) is 0.719. The number of fused-ring (bicyclic) bond motifs is 1. The van der Waals surface area contributed by atoms with E-state index < -0.39 is 6.04 Å². The van der Waals surface area contributed by atoms with Gasteiger partial charge in [0, 0.05) is 18.4 Å². The predicted octanol–water partition coefficient (Wildman–Crippen LogP) is 3.94. The number of anilines is 1. The number of aromatic nitrogens is 1. The molecule has 1 N–H and O–H groups in total. The minimum Gasteiger partial charge on any atom is -0.352 e. The molecule has 0 spiro atoms. The van der Waals surface area contributed by atoms with Crippen LogP contribution >= 0.6 is 0 Å². The Morgan fingerprint density at radius 2 is 1.93 bits per heavy atom. The molecule has 1 aliphatic rings. The fraction of sp³-hybridized carbons (Fsp3) is 0.174. The van der Waals surface area contributed by atoms with Crippen LogP contribution in [-0.2, 0) is 11.3 Å². The lowest BCUT2D eigenvalue weighted by Gasteiger charge is -2.24. The SMILES string of the molecule is Cc1cccc(CNC(=O)CC2c3ncccc3C(=O)N2c2ccc(F)cc2)c1. The van der Waals surface area contributed by atoms with Crippen molar-refractivity contribution in [1.82, 2.24) is 10.3 Å². The largest absolute Gasteiger partial charge is 0.352 e. The topological polar surface area (TPSA) is 62.3 Å². The monoisotopic (exact) mass is 389 g/mol. The summed E-state index contributed by atoms with van der Waals surface area (Å²) in [6.45, 7) is 2.41. The molecule has 0 saturated carbocycles. The molecular formula is C23H20FN3O2.